The summed E-state index contributed by atoms with van der Waals surface area (Å²) >= 11 is 0. The molecule has 1 aromatic heterocycles. The lowest BCUT2D eigenvalue weighted by Crippen LogP contribution is -3.00. The zero-order chi connectivity index (χ0) is 11.2. The van der Waals surface area contributed by atoms with Crippen LogP contribution in [-0.2, 0) is 13.0 Å². The number of hydrogen-bond donors (Lipinski definition) is 0. The summed E-state index contributed by atoms with van der Waals surface area (Å²) in [5.41, 5.74) is 2.79. The molecule has 0 amide bonds. The lowest BCUT2D eigenvalue weighted by Gasteiger charge is -2.00. The second-order valence-corrected chi connectivity index (χ2v) is 4.21. The molecule has 1 heterocycles. The summed E-state index contributed by atoms with van der Waals surface area (Å²) in [6.07, 6.45) is 6.59. The Morgan fingerprint density at radius 2 is 1.76 bits per heavy atom. The number of aryl methyl sites for hydroxylation is 3. The molecule has 0 atom stereocenters. The summed E-state index contributed by atoms with van der Waals surface area (Å²) in [6, 6.07) is 15.0. The van der Waals surface area contributed by atoms with Crippen LogP contribution in [0.5, 0.6) is 0 Å². The number of halogens is 1. The Balaban J connectivity index is 0.00000144. The number of aromatic nitrogens is 1. The molecule has 0 radical (unpaired) electrons. The average molecular weight is 339 g/mol. The molecule has 0 N–H and O–H groups in total. The van der Waals surface area contributed by atoms with Gasteiger partial charge in [-0.25, -0.2) is 4.57 Å². The SMILES string of the molecule is Cc1cccc(CCC[n+]2ccccc2)c1.[I-]. The van der Waals surface area contributed by atoms with Crippen molar-refractivity contribution in [1.82, 2.24) is 0 Å². The number of hydrogen-bond acceptors (Lipinski definition) is 0. The number of benzene rings is 1. The van der Waals surface area contributed by atoms with Crippen LogP contribution in [0.4, 0.5) is 0 Å². The number of nitrogens with zero attached hydrogens (tertiary/aromatic N) is 1. The number of rotatable bonds is 4. The van der Waals surface area contributed by atoms with Crippen molar-refractivity contribution in [3.8, 4) is 0 Å². The lowest BCUT2D eigenvalue weighted by atomic mass is 10.1. The highest BCUT2D eigenvalue weighted by Crippen LogP contribution is 2.06. The van der Waals surface area contributed by atoms with Crippen LogP contribution in [0, 0.1) is 6.92 Å². The van der Waals surface area contributed by atoms with Gasteiger partial charge >= 0.3 is 0 Å². The van der Waals surface area contributed by atoms with E-state index in [4.69, 9.17) is 0 Å². The molecule has 0 saturated heterocycles. The van der Waals surface area contributed by atoms with Crippen LogP contribution >= 0.6 is 0 Å². The van der Waals surface area contributed by atoms with Crippen molar-refractivity contribution in [3.05, 3.63) is 66.0 Å². The van der Waals surface area contributed by atoms with E-state index in [9.17, 15) is 0 Å². The van der Waals surface area contributed by atoms with Gasteiger partial charge in [0.15, 0.2) is 12.4 Å². The first-order valence-corrected chi connectivity index (χ1v) is 5.84. The number of pyridine rings is 1. The van der Waals surface area contributed by atoms with Crippen LogP contribution in [0.3, 0.4) is 0 Å². The van der Waals surface area contributed by atoms with Crippen LogP contribution in [-0.4, -0.2) is 0 Å². The van der Waals surface area contributed by atoms with E-state index in [1.54, 1.807) is 0 Å². The summed E-state index contributed by atoms with van der Waals surface area (Å²) in [6.45, 7) is 3.24. The monoisotopic (exact) mass is 339 g/mol. The zero-order valence-corrected chi connectivity index (χ0v) is 12.3. The maximum atomic E-state index is 2.27. The highest BCUT2D eigenvalue weighted by Gasteiger charge is 1.99. The van der Waals surface area contributed by atoms with E-state index in [-0.39, 0.29) is 24.0 Å². The van der Waals surface area contributed by atoms with Crippen molar-refractivity contribution < 1.29 is 28.5 Å². The maximum absolute atomic E-state index is 2.27. The molecular weight excluding hydrogens is 321 g/mol. The fourth-order valence-electron chi connectivity index (χ4n) is 1.92. The van der Waals surface area contributed by atoms with Gasteiger partial charge in [0, 0.05) is 18.6 Å². The van der Waals surface area contributed by atoms with Gasteiger partial charge in [-0.05, 0) is 18.9 Å². The molecule has 17 heavy (non-hydrogen) atoms. The molecule has 0 aliphatic carbocycles. The molecule has 0 aliphatic heterocycles. The Hall–Kier alpha value is -0.900. The van der Waals surface area contributed by atoms with Gasteiger partial charge in [0.05, 0.1) is 0 Å². The van der Waals surface area contributed by atoms with Gasteiger partial charge in [-0.3, -0.25) is 0 Å². The second kappa shape index (κ2) is 7.43. The van der Waals surface area contributed by atoms with Crippen molar-refractivity contribution in [1.29, 1.82) is 0 Å². The van der Waals surface area contributed by atoms with Crippen LogP contribution in [0.15, 0.2) is 54.9 Å². The van der Waals surface area contributed by atoms with E-state index in [1.165, 1.54) is 17.5 Å². The molecule has 2 heteroatoms. The Morgan fingerprint density at radius 3 is 2.47 bits per heavy atom. The summed E-state index contributed by atoms with van der Waals surface area (Å²) < 4.78 is 2.23. The van der Waals surface area contributed by atoms with Gasteiger partial charge in [-0.2, -0.15) is 0 Å². The van der Waals surface area contributed by atoms with Gasteiger partial charge in [-0.1, -0.05) is 35.9 Å². The first-order chi connectivity index (χ1) is 7.84. The highest BCUT2D eigenvalue weighted by molar-refractivity contribution is 5.22. The molecule has 0 saturated carbocycles. The maximum Gasteiger partial charge on any atom is 0.168 e. The third kappa shape index (κ3) is 4.86. The second-order valence-electron chi connectivity index (χ2n) is 4.21. The van der Waals surface area contributed by atoms with Crippen LogP contribution < -0.4 is 28.5 Å². The van der Waals surface area contributed by atoms with Crippen molar-refractivity contribution in [2.24, 2.45) is 0 Å². The molecule has 0 spiro atoms. The van der Waals surface area contributed by atoms with E-state index < -0.39 is 0 Å². The van der Waals surface area contributed by atoms with E-state index in [0.29, 0.717) is 0 Å². The minimum Gasteiger partial charge on any atom is -1.00 e. The Bertz CT molecular complexity index is 440. The lowest BCUT2D eigenvalue weighted by molar-refractivity contribution is -0.697. The van der Waals surface area contributed by atoms with Crippen molar-refractivity contribution in [2.45, 2.75) is 26.3 Å². The van der Waals surface area contributed by atoms with E-state index in [2.05, 4.69) is 66.3 Å². The molecular formula is C15H18IN. The predicted octanol–water partition coefficient (Wildman–Crippen LogP) is -0.0807. The third-order valence-electron chi connectivity index (χ3n) is 2.74. The molecule has 0 bridgehead atoms. The molecule has 0 aliphatic rings. The predicted molar refractivity (Wildman–Crippen MR) is 66.1 cm³/mol. The van der Waals surface area contributed by atoms with E-state index in [0.717, 1.165) is 13.0 Å². The molecule has 2 rings (SSSR count). The highest BCUT2D eigenvalue weighted by atomic mass is 127. The van der Waals surface area contributed by atoms with Gasteiger partial charge in [0.1, 0.15) is 6.54 Å². The van der Waals surface area contributed by atoms with Crippen molar-refractivity contribution in [3.63, 3.8) is 0 Å². The molecule has 0 fully saturated rings. The van der Waals surface area contributed by atoms with Crippen molar-refractivity contribution in [2.75, 3.05) is 0 Å². The fourth-order valence-corrected chi connectivity index (χ4v) is 1.92. The normalized spacial score (nSPS) is 9.71. The summed E-state index contributed by atoms with van der Waals surface area (Å²) in [4.78, 5) is 0. The Kier molecular flexibility index (Phi) is 6.19. The molecule has 1 aromatic carbocycles. The van der Waals surface area contributed by atoms with Crippen LogP contribution in [0.1, 0.15) is 17.5 Å². The van der Waals surface area contributed by atoms with Gasteiger partial charge in [-0.15, -0.1) is 0 Å². The third-order valence-corrected chi connectivity index (χ3v) is 2.74. The van der Waals surface area contributed by atoms with Crippen LogP contribution in [0.25, 0.3) is 0 Å². The molecule has 1 nitrogen and oxygen atoms in total. The van der Waals surface area contributed by atoms with Gasteiger partial charge < -0.3 is 24.0 Å². The Morgan fingerprint density at radius 1 is 1.00 bits per heavy atom. The van der Waals surface area contributed by atoms with E-state index in [1.807, 2.05) is 0 Å². The Labute approximate surface area is 121 Å². The summed E-state index contributed by atoms with van der Waals surface area (Å²) in [5.74, 6) is 0. The summed E-state index contributed by atoms with van der Waals surface area (Å²) in [5, 5.41) is 0. The van der Waals surface area contributed by atoms with Gasteiger partial charge in [0.2, 0.25) is 0 Å². The van der Waals surface area contributed by atoms with Gasteiger partial charge in [0.25, 0.3) is 0 Å². The smallest absolute Gasteiger partial charge is 0.168 e. The summed E-state index contributed by atoms with van der Waals surface area (Å²) in [7, 11) is 0. The average Bonchev–Trinajstić information content (AvgIpc) is 2.30. The zero-order valence-electron chi connectivity index (χ0n) is 10.1. The quantitative estimate of drug-likeness (QED) is 0.542. The van der Waals surface area contributed by atoms with E-state index >= 15 is 0 Å². The molecule has 2 aromatic rings. The first-order valence-electron chi connectivity index (χ1n) is 5.84. The largest absolute Gasteiger partial charge is 1.00 e. The fraction of sp³-hybridized carbons (Fsp3) is 0.267. The van der Waals surface area contributed by atoms with Crippen LogP contribution in [0.2, 0.25) is 0 Å². The van der Waals surface area contributed by atoms with Crippen molar-refractivity contribution >= 4 is 0 Å². The molecule has 0 unspecified atom stereocenters. The minimum absolute atomic E-state index is 0. The molecule has 90 valence electrons. The minimum atomic E-state index is 0. The topological polar surface area (TPSA) is 3.88 Å². The standard InChI is InChI=1S/C15H18N.HI/c1-14-7-5-8-15(13-14)9-6-12-16-10-3-2-4-11-16;/h2-5,7-8,10-11,13H,6,9,12H2,1H3;1H/q+1;/p-1. The first kappa shape index (κ1) is 14.2.